The number of hydrogen-bond donors (Lipinski definition) is 1. The zero-order valence-corrected chi connectivity index (χ0v) is 13.2. The Labute approximate surface area is 135 Å². The summed E-state index contributed by atoms with van der Waals surface area (Å²) in [5.74, 6) is 0.188. The number of hydrogen-bond acceptors (Lipinski definition) is 5. The van der Waals surface area contributed by atoms with Crippen molar-refractivity contribution in [3.63, 3.8) is 0 Å². The van der Waals surface area contributed by atoms with Crippen LogP contribution in [-0.2, 0) is 9.53 Å². The SMILES string of the molecule is C[C@@H](CN1CCOCC1)C(=O)Nc1cc(-c2ccccc2)no1. The van der Waals surface area contributed by atoms with Gasteiger partial charge in [0, 0.05) is 37.2 Å². The van der Waals surface area contributed by atoms with Crippen molar-refractivity contribution in [3.05, 3.63) is 36.4 Å². The van der Waals surface area contributed by atoms with E-state index in [9.17, 15) is 4.79 Å². The maximum atomic E-state index is 12.3. The van der Waals surface area contributed by atoms with Gasteiger partial charge in [-0.1, -0.05) is 42.4 Å². The van der Waals surface area contributed by atoms with Crippen molar-refractivity contribution in [2.45, 2.75) is 6.92 Å². The van der Waals surface area contributed by atoms with Gasteiger partial charge in [0.2, 0.25) is 11.8 Å². The summed E-state index contributed by atoms with van der Waals surface area (Å²) in [7, 11) is 0. The van der Waals surface area contributed by atoms with Gasteiger partial charge in [0.05, 0.1) is 13.2 Å². The summed E-state index contributed by atoms with van der Waals surface area (Å²) >= 11 is 0. The Morgan fingerprint density at radius 1 is 1.30 bits per heavy atom. The summed E-state index contributed by atoms with van der Waals surface area (Å²) in [6, 6.07) is 11.5. The van der Waals surface area contributed by atoms with Crippen molar-refractivity contribution in [2.75, 3.05) is 38.2 Å². The van der Waals surface area contributed by atoms with Crippen molar-refractivity contribution in [2.24, 2.45) is 5.92 Å². The largest absolute Gasteiger partial charge is 0.379 e. The van der Waals surface area contributed by atoms with Crippen LogP contribution in [0.15, 0.2) is 40.9 Å². The van der Waals surface area contributed by atoms with Crippen LogP contribution in [0.5, 0.6) is 0 Å². The minimum Gasteiger partial charge on any atom is -0.379 e. The Balaban J connectivity index is 1.56. The molecule has 1 aliphatic heterocycles. The number of carbonyl (C=O) groups is 1. The summed E-state index contributed by atoms with van der Waals surface area (Å²) < 4.78 is 10.5. The van der Waals surface area contributed by atoms with E-state index in [0.29, 0.717) is 11.6 Å². The molecule has 0 unspecified atom stereocenters. The van der Waals surface area contributed by atoms with E-state index in [1.165, 1.54) is 0 Å². The Morgan fingerprint density at radius 2 is 2.04 bits per heavy atom. The smallest absolute Gasteiger partial charge is 0.231 e. The second-order valence-electron chi connectivity index (χ2n) is 5.75. The second kappa shape index (κ2) is 7.39. The molecule has 2 aromatic rings. The first-order chi connectivity index (χ1) is 11.2. The zero-order chi connectivity index (χ0) is 16.1. The van der Waals surface area contributed by atoms with Crippen LogP contribution in [0, 0.1) is 5.92 Å². The van der Waals surface area contributed by atoms with Crippen molar-refractivity contribution >= 4 is 11.8 Å². The minimum absolute atomic E-state index is 0.0627. The van der Waals surface area contributed by atoms with Gasteiger partial charge in [0.1, 0.15) is 5.69 Å². The summed E-state index contributed by atoms with van der Waals surface area (Å²) in [4.78, 5) is 14.5. The van der Waals surface area contributed by atoms with Gasteiger partial charge in [-0.3, -0.25) is 15.0 Å². The van der Waals surface area contributed by atoms with E-state index in [4.69, 9.17) is 9.26 Å². The van der Waals surface area contributed by atoms with E-state index in [-0.39, 0.29) is 11.8 Å². The number of carbonyl (C=O) groups excluding carboxylic acids is 1. The van der Waals surface area contributed by atoms with E-state index < -0.39 is 0 Å². The predicted octanol–water partition coefficient (Wildman–Crippen LogP) is 2.25. The van der Waals surface area contributed by atoms with Crippen LogP contribution >= 0.6 is 0 Å². The molecule has 0 spiro atoms. The fraction of sp³-hybridized carbons (Fsp3) is 0.412. The molecule has 0 radical (unpaired) electrons. The van der Waals surface area contributed by atoms with Gasteiger partial charge >= 0.3 is 0 Å². The minimum atomic E-state index is -0.127. The molecule has 1 saturated heterocycles. The van der Waals surface area contributed by atoms with Crippen molar-refractivity contribution in [3.8, 4) is 11.3 Å². The maximum absolute atomic E-state index is 12.3. The summed E-state index contributed by atoms with van der Waals surface area (Å²) in [5.41, 5.74) is 1.67. The summed E-state index contributed by atoms with van der Waals surface area (Å²) in [5, 5.41) is 6.79. The van der Waals surface area contributed by atoms with E-state index in [2.05, 4.69) is 15.4 Å². The molecule has 1 aromatic carbocycles. The van der Waals surface area contributed by atoms with Crippen molar-refractivity contribution < 1.29 is 14.1 Å². The Morgan fingerprint density at radius 3 is 2.78 bits per heavy atom. The average molecular weight is 315 g/mol. The Hall–Kier alpha value is -2.18. The average Bonchev–Trinajstić information content (AvgIpc) is 3.05. The summed E-state index contributed by atoms with van der Waals surface area (Å²) in [6.07, 6.45) is 0. The van der Waals surface area contributed by atoms with Crippen LogP contribution in [0.3, 0.4) is 0 Å². The van der Waals surface area contributed by atoms with Crippen molar-refractivity contribution in [1.29, 1.82) is 0 Å². The highest BCUT2D eigenvalue weighted by Gasteiger charge is 2.20. The van der Waals surface area contributed by atoms with Gasteiger partial charge in [-0.15, -0.1) is 0 Å². The molecule has 6 nitrogen and oxygen atoms in total. The normalized spacial score (nSPS) is 16.9. The van der Waals surface area contributed by atoms with Gasteiger partial charge < -0.3 is 9.26 Å². The Bertz CT molecular complexity index is 636. The van der Waals surface area contributed by atoms with Crippen LogP contribution in [0.1, 0.15) is 6.92 Å². The first kappa shape index (κ1) is 15.7. The third-order valence-electron chi connectivity index (χ3n) is 3.91. The van der Waals surface area contributed by atoms with E-state index in [1.807, 2.05) is 37.3 Å². The van der Waals surface area contributed by atoms with E-state index >= 15 is 0 Å². The van der Waals surface area contributed by atoms with Crippen LogP contribution in [0.2, 0.25) is 0 Å². The number of anilines is 1. The van der Waals surface area contributed by atoms with Gasteiger partial charge in [0.25, 0.3) is 0 Å². The van der Waals surface area contributed by atoms with Gasteiger partial charge in [-0.25, -0.2) is 0 Å². The highest BCUT2D eigenvalue weighted by Crippen LogP contribution is 2.21. The number of aromatic nitrogens is 1. The number of rotatable bonds is 5. The van der Waals surface area contributed by atoms with Gasteiger partial charge in [-0.2, -0.15) is 0 Å². The number of amides is 1. The van der Waals surface area contributed by atoms with Crippen molar-refractivity contribution in [1.82, 2.24) is 10.1 Å². The highest BCUT2D eigenvalue weighted by atomic mass is 16.5. The molecular weight excluding hydrogens is 294 g/mol. The van der Waals surface area contributed by atoms with Crippen LogP contribution in [0.25, 0.3) is 11.3 Å². The number of benzene rings is 1. The third kappa shape index (κ3) is 4.18. The van der Waals surface area contributed by atoms with Gasteiger partial charge in [0.15, 0.2) is 0 Å². The van der Waals surface area contributed by atoms with Crippen LogP contribution in [0.4, 0.5) is 5.88 Å². The highest BCUT2D eigenvalue weighted by molar-refractivity contribution is 5.91. The van der Waals surface area contributed by atoms with Crippen LogP contribution in [-0.4, -0.2) is 48.8 Å². The molecule has 2 heterocycles. The number of nitrogens with zero attached hydrogens (tertiary/aromatic N) is 2. The lowest BCUT2D eigenvalue weighted by Gasteiger charge is -2.28. The molecule has 3 rings (SSSR count). The molecule has 6 heteroatoms. The molecule has 122 valence electrons. The lowest BCUT2D eigenvalue weighted by atomic mass is 10.1. The van der Waals surface area contributed by atoms with E-state index in [0.717, 1.165) is 38.4 Å². The molecule has 23 heavy (non-hydrogen) atoms. The molecular formula is C17H21N3O3. The first-order valence-corrected chi connectivity index (χ1v) is 7.85. The monoisotopic (exact) mass is 315 g/mol. The lowest BCUT2D eigenvalue weighted by Crippen LogP contribution is -2.41. The Kier molecular flexibility index (Phi) is 5.05. The lowest BCUT2D eigenvalue weighted by molar-refractivity contribution is -0.120. The quantitative estimate of drug-likeness (QED) is 0.916. The fourth-order valence-electron chi connectivity index (χ4n) is 2.58. The molecule has 1 amide bonds. The molecule has 0 bridgehead atoms. The molecule has 0 saturated carbocycles. The number of nitrogens with one attached hydrogen (secondary N) is 1. The standard InChI is InChI=1S/C17H21N3O3/c1-13(12-20-7-9-22-10-8-20)17(21)18-16-11-15(19-23-16)14-5-3-2-4-6-14/h2-6,11,13H,7-10,12H2,1H3,(H,18,21)/t13-/m0/s1. The molecule has 1 aromatic heterocycles. The predicted molar refractivity (Wildman–Crippen MR) is 87.0 cm³/mol. The van der Waals surface area contributed by atoms with Crippen LogP contribution < -0.4 is 5.32 Å². The second-order valence-corrected chi connectivity index (χ2v) is 5.75. The summed E-state index contributed by atoms with van der Waals surface area (Å²) in [6.45, 7) is 5.85. The first-order valence-electron chi connectivity index (χ1n) is 7.85. The molecule has 1 atom stereocenters. The maximum Gasteiger partial charge on any atom is 0.231 e. The fourth-order valence-corrected chi connectivity index (χ4v) is 2.58. The molecule has 1 N–H and O–H groups in total. The molecule has 1 aliphatic rings. The number of ether oxygens (including phenoxy) is 1. The number of morpholine rings is 1. The zero-order valence-electron chi connectivity index (χ0n) is 13.2. The van der Waals surface area contributed by atoms with E-state index in [1.54, 1.807) is 6.07 Å². The topological polar surface area (TPSA) is 67.6 Å². The van der Waals surface area contributed by atoms with Gasteiger partial charge in [-0.05, 0) is 0 Å². The molecule has 1 fully saturated rings. The third-order valence-corrected chi connectivity index (χ3v) is 3.91. The molecule has 0 aliphatic carbocycles.